The van der Waals surface area contributed by atoms with E-state index in [1.165, 1.54) is 6.39 Å². The third kappa shape index (κ3) is 1.88. The lowest BCUT2D eigenvalue weighted by Gasteiger charge is -1.97. The maximum atomic E-state index is 5.03. The zero-order valence-corrected chi connectivity index (χ0v) is 5.79. The summed E-state index contributed by atoms with van der Waals surface area (Å²) >= 11 is 0. The fourth-order valence-electron chi connectivity index (χ4n) is 0.745. The molecule has 1 aromatic heterocycles. The second-order valence-corrected chi connectivity index (χ2v) is 2.57. The molecule has 0 saturated carbocycles. The van der Waals surface area contributed by atoms with Gasteiger partial charge in [-0.15, -0.1) is 0 Å². The van der Waals surface area contributed by atoms with Crippen LogP contribution in [0.3, 0.4) is 0 Å². The zero-order chi connectivity index (χ0) is 6.69. The third-order valence-corrected chi connectivity index (χ3v) is 1.09. The van der Waals surface area contributed by atoms with E-state index in [9.17, 15) is 0 Å². The number of oxazole rings is 1. The van der Waals surface area contributed by atoms with Crippen LogP contribution in [-0.2, 0) is 6.42 Å². The van der Waals surface area contributed by atoms with Crippen molar-refractivity contribution in [3.8, 4) is 0 Å². The van der Waals surface area contributed by atoms with Crippen LogP contribution in [0.25, 0.3) is 0 Å². The summed E-state index contributed by atoms with van der Waals surface area (Å²) in [6.45, 7) is 4.31. The van der Waals surface area contributed by atoms with Crippen molar-refractivity contribution in [1.82, 2.24) is 4.98 Å². The summed E-state index contributed by atoms with van der Waals surface area (Å²) < 4.78 is 5.03. The Labute approximate surface area is 54.9 Å². The molecule has 2 heteroatoms. The predicted molar refractivity (Wildman–Crippen MR) is 35.0 cm³/mol. The molecule has 2 nitrogen and oxygen atoms in total. The van der Waals surface area contributed by atoms with Gasteiger partial charge in [0.15, 0.2) is 6.39 Å². The van der Waals surface area contributed by atoms with Crippen LogP contribution in [0.2, 0.25) is 0 Å². The number of aromatic nitrogens is 1. The molecule has 9 heavy (non-hydrogen) atoms. The molecule has 0 fully saturated rings. The molecule has 0 amide bonds. The summed E-state index contributed by atoms with van der Waals surface area (Å²) in [5.74, 6) is 1.63. The minimum atomic E-state index is 0.651. The van der Waals surface area contributed by atoms with E-state index in [0.717, 1.165) is 12.2 Å². The summed E-state index contributed by atoms with van der Waals surface area (Å²) in [5.41, 5.74) is 0. The van der Waals surface area contributed by atoms with Crippen molar-refractivity contribution in [2.75, 3.05) is 0 Å². The van der Waals surface area contributed by atoms with Gasteiger partial charge in [-0.25, -0.2) is 4.98 Å². The lowest BCUT2D eigenvalue weighted by atomic mass is 10.1. The van der Waals surface area contributed by atoms with Crippen molar-refractivity contribution >= 4 is 0 Å². The Balaban J connectivity index is 2.48. The zero-order valence-electron chi connectivity index (χ0n) is 5.79. The first kappa shape index (κ1) is 6.33. The quantitative estimate of drug-likeness (QED) is 0.603. The molecule has 0 aromatic carbocycles. The molecule has 1 heterocycles. The standard InChI is InChI=1S/C7H11NO/c1-6(2)3-7-4-8-5-9-7/h4-6H,3H2,1-2H3. The average Bonchev–Trinajstić information content (AvgIpc) is 2.15. The third-order valence-electron chi connectivity index (χ3n) is 1.09. The second-order valence-electron chi connectivity index (χ2n) is 2.57. The first-order chi connectivity index (χ1) is 4.29. The molecule has 0 saturated heterocycles. The van der Waals surface area contributed by atoms with Gasteiger partial charge in [-0.2, -0.15) is 0 Å². The summed E-state index contributed by atoms with van der Waals surface area (Å²) in [5, 5.41) is 0. The van der Waals surface area contributed by atoms with E-state index >= 15 is 0 Å². The van der Waals surface area contributed by atoms with Crippen LogP contribution in [0.4, 0.5) is 0 Å². The number of nitrogens with zero attached hydrogens (tertiary/aromatic N) is 1. The second kappa shape index (κ2) is 2.67. The van der Waals surface area contributed by atoms with Crippen molar-refractivity contribution in [3.05, 3.63) is 18.4 Å². The smallest absolute Gasteiger partial charge is 0.180 e. The van der Waals surface area contributed by atoms with E-state index < -0.39 is 0 Å². The first-order valence-electron chi connectivity index (χ1n) is 3.16. The van der Waals surface area contributed by atoms with Crippen LogP contribution in [0, 0.1) is 5.92 Å². The Morgan fingerprint density at radius 1 is 1.67 bits per heavy atom. The summed E-state index contributed by atoms with van der Waals surface area (Å²) in [7, 11) is 0. The highest BCUT2D eigenvalue weighted by Crippen LogP contribution is 2.05. The van der Waals surface area contributed by atoms with Crippen molar-refractivity contribution in [3.63, 3.8) is 0 Å². The fraction of sp³-hybridized carbons (Fsp3) is 0.571. The van der Waals surface area contributed by atoms with E-state index in [-0.39, 0.29) is 0 Å². The lowest BCUT2D eigenvalue weighted by molar-refractivity contribution is 0.469. The molecule has 0 N–H and O–H groups in total. The molecule has 1 rings (SSSR count). The molecule has 50 valence electrons. The fourth-order valence-corrected chi connectivity index (χ4v) is 0.745. The van der Waals surface area contributed by atoms with Gasteiger partial charge in [-0.3, -0.25) is 0 Å². The highest BCUT2D eigenvalue weighted by atomic mass is 16.3. The first-order valence-corrected chi connectivity index (χ1v) is 3.16. The maximum absolute atomic E-state index is 5.03. The van der Waals surface area contributed by atoms with E-state index in [4.69, 9.17) is 4.42 Å². The minimum Gasteiger partial charge on any atom is -0.449 e. The van der Waals surface area contributed by atoms with E-state index in [0.29, 0.717) is 5.92 Å². The molecule has 0 bridgehead atoms. The summed E-state index contributed by atoms with van der Waals surface area (Å²) in [6, 6.07) is 0. The van der Waals surface area contributed by atoms with Crippen LogP contribution >= 0.6 is 0 Å². The molecular weight excluding hydrogens is 114 g/mol. The van der Waals surface area contributed by atoms with Crippen molar-refractivity contribution in [2.24, 2.45) is 5.92 Å². The SMILES string of the molecule is CC(C)Cc1cnco1. The number of hydrogen-bond acceptors (Lipinski definition) is 2. The lowest BCUT2D eigenvalue weighted by Crippen LogP contribution is -1.90. The van der Waals surface area contributed by atoms with Gasteiger partial charge in [0.2, 0.25) is 0 Å². The highest BCUT2D eigenvalue weighted by Gasteiger charge is 1.98. The largest absolute Gasteiger partial charge is 0.449 e. The summed E-state index contributed by atoms with van der Waals surface area (Å²) in [4.78, 5) is 3.81. The van der Waals surface area contributed by atoms with Gasteiger partial charge in [0, 0.05) is 6.42 Å². The van der Waals surface area contributed by atoms with E-state index in [1.54, 1.807) is 6.20 Å². The van der Waals surface area contributed by atoms with Crippen LogP contribution in [0.5, 0.6) is 0 Å². The van der Waals surface area contributed by atoms with Crippen LogP contribution in [0.1, 0.15) is 19.6 Å². The molecule has 0 aliphatic carbocycles. The van der Waals surface area contributed by atoms with Gasteiger partial charge in [0.25, 0.3) is 0 Å². The number of hydrogen-bond donors (Lipinski definition) is 0. The Morgan fingerprint density at radius 2 is 2.44 bits per heavy atom. The number of rotatable bonds is 2. The maximum Gasteiger partial charge on any atom is 0.180 e. The van der Waals surface area contributed by atoms with E-state index in [1.807, 2.05) is 0 Å². The predicted octanol–water partition coefficient (Wildman–Crippen LogP) is 1.87. The summed E-state index contributed by atoms with van der Waals surface area (Å²) in [6.07, 6.45) is 4.22. The Hall–Kier alpha value is -0.790. The molecule has 0 spiro atoms. The van der Waals surface area contributed by atoms with Gasteiger partial charge >= 0.3 is 0 Å². The van der Waals surface area contributed by atoms with Gasteiger partial charge in [-0.1, -0.05) is 13.8 Å². The Morgan fingerprint density at radius 3 is 2.89 bits per heavy atom. The molecule has 0 atom stereocenters. The topological polar surface area (TPSA) is 26.0 Å². The molecule has 0 aliphatic heterocycles. The Bertz CT molecular complexity index is 155. The molecule has 1 aromatic rings. The van der Waals surface area contributed by atoms with Gasteiger partial charge < -0.3 is 4.42 Å². The Kier molecular flexibility index (Phi) is 1.88. The highest BCUT2D eigenvalue weighted by molar-refractivity contribution is 4.88. The van der Waals surface area contributed by atoms with Gasteiger partial charge in [-0.05, 0) is 5.92 Å². The molecule has 0 aliphatic rings. The van der Waals surface area contributed by atoms with Crippen LogP contribution in [-0.4, -0.2) is 4.98 Å². The van der Waals surface area contributed by atoms with Crippen molar-refractivity contribution in [2.45, 2.75) is 20.3 Å². The molecule has 0 unspecified atom stereocenters. The molecule has 0 radical (unpaired) electrons. The normalized spacial score (nSPS) is 10.6. The van der Waals surface area contributed by atoms with Gasteiger partial charge in [0.1, 0.15) is 5.76 Å². The monoisotopic (exact) mass is 125 g/mol. The van der Waals surface area contributed by atoms with Crippen molar-refractivity contribution < 1.29 is 4.42 Å². The van der Waals surface area contributed by atoms with Crippen LogP contribution < -0.4 is 0 Å². The molecular formula is C7H11NO. The minimum absolute atomic E-state index is 0.651. The van der Waals surface area contributed by atoms with Gasteiger partial charge in [0.05, 0.1) is 6.20 Å². The van der Waals surface area contributed by atoms with Crippen molar-refractivity contribution in [1.29, 1.82) is 0 Å². The van der Waals surface area contributed by atoms with E-state index in [2.05, 4.69) is 18.8 Å². The van der Waals surface area contributed by atoms with Crippen LogP contribution in [0.15, 0.2) is 17.0 Å². The average molecular weight is 125 g/mol.